The Labute approximate surface area is 205 Å². The van der Waals surface area contributed by atoms with Gasteiger partial charge < -0.3 is 15.0 Å². The zero-order valence-electron chi connectivity index (χ0n) is 17.8. The van der Waals surface area contributed by atoms with E-state index in [9.17, 15) is 18.0 Å². The minimum Gasteiger partial charge on any atom is -0.447 e. The lowest BCUT2D eigenvalue weighted by Crippen LogP contribution is -2.46. The summed E-state index contributed by atoms with van der Waals surface area (Å²) < 4.78 is 46.4. The molecular formula is C22H16ClF3N6O2S. The quantitative estimate of drug-likeness (QED) is 0.542. The van der Waals surface area contributed by atoms with Crippen LogP contribution in [0.3, 0.4) is 0 Å². The van der Waals surface area contributed by atoms with Gasteiger partial charge in [-0.1, -0.05) is 17.7 Å². The second-order valence-corrected chi connectivity index (χ2v) is 9.75. The Kier molecular flexibility index (Phi) is 5.11. The van der Waals surface area contributed by atoms with Crippen molar-refractivity contribution >= 4 is 40.4 Å². The summed E-state index contributed by atoms with van der Waals surface area (Å²) >= 11 is 7.84. The van der Waals surface area contributed by atoms with E-state index in [1.54, 1.807) is 6.20 Å². The summed E-state index contributed by atoms with van der Waals surface area (Å²) in [7, 11) is 0. The van der Waals surface area contributed by atoms with E-state index in [-0.39, 0.29) is 11.6 Å². The van der Waals surface area contributed by atoms with Crippen LogP contribution >= 0.6 is 22.9 Å². The van der Waals surface area contributed by atoms with Gasteiger partial charge in [0.1, 0.15) is 24.0 Å². The number of amides is 1. The number of benzene rings is 1. The minimum absolute atomic E-state index is 0.141. The van der Waals surface area contributed by atoms with Crippen LogP contribution in [0.25, 0.3) is 5.57 Å². The number of nitrogens with one attached hydrogen (secondary N) is 1. The standard InChI is InChI=1S/C22H16ClF3N6O2S/c23-14-5-12(24)1-2-13(14)17-16(11-7-28-32(8-11)20(25)26)15-6-22(10-34-21(33)30-22)9-31(15)18(29-17)19-27-3-4-35-19/h1-5,7-8,17,20H,6,9-10H2,(H,30,33)/t17-,22-/m0/s1. The molecule has 0 radical (unpaired) electrons. The first-order valence-electron chi connectivity index (χ1n) is 10.5. The zero-order valence-corrected chi connectivity index (χ0v) is 19.4. The van der Waals surface area contributed by atoms with Crippen LogP contribution in [-0.4, -0.2) is 50.3 Å². The van der Waals surface area contributed by atoms with Gasteiger partial charge in [0.25, 0.3) is 0 Å². The lowest BCUT2D eigenvalue weighted by Gasteiger charge is -2.32. The van der Waals surface area contributed by atoms with Gasteiger partial charge >= 0.3 is 12.6 Å². The molecule has 13 heteroatoms. The average Bonchev–Trinajstić information content (AvgIpc) is 3.60. The highest BCUT2D eigenvalue weighted by atomic mass is 35.5. The molecule has 1 N–H and O–H groups in total. The van der Waals surface area contributed by atoms with Crippen LogP contribution in [-0.2, 0) is 4.74 Å². The van der Waals surface area contributed by atoms with Crippen molar-refractivity contribution in [2.75, 3.05) is 13.2 Å². The maximum absolute atomic E-state index is 13.9. The predicted molar refractivity (Wildman–Crippen MR) is 122 cm³/mol. The minimum atomic E-state index is -2.83. The molecule has 8 nitrogen and oxygen atoms in total. The summed E-state index contributed by atoms with van der Waals surface area (Å²) in [6.07, 6.45) is 4.07. The number of thiazole rings is 1. The number of hydrogen-bond acceptors (Lipinski definition) is 7. The van der Waals surface area contributed by atoms with Crippen LogP contribution in [0.5, 0.6) is 0 Å². The normalized spacial score (nSPS) is 23.7. The van der Waals surface area contributed by atoms with Crippen LogP contribution in [0.2, 0.25) is 5.02 Å². The molecule has 2 atom stereocenters. The second kappa shape index (κ2) is 8.09. The summed E-state index contributed by atoms with van der Waals surface area (Å²) in [5, 5.41) is 9.30. The fourth-order valence-electron chi connectivity index (χ4n) is 4.76. The Bertz CT molecular complexity index is 1390. The van der Waals surface area contributed by atoms with Crippen molar-refractivity contribution in [2.24, 2.45) is 4.99 Å². The highest BCUT2D eigenvalue weighted by Crippen LogP contribution is 2.48. The molecule has 3 aliphatic heterocycles. The number of alkyl carbamates (subject to hydrolysis) is 1. The molecule has 3 aliphatic rings. The predicted octanol–water partition coefficient (Wildman–Crippen LogP) is 4.62. The second-order valence-electron chi connectivity index (χ2n) is 8.45. The van der Waals surface area contributed by atoms with Crippen molar-refractivity contribution in [2.45, 2.75) is 24.6 Å². The van der Waals surface area contributed by atoms with Crippen molar-refractivity contribution in [3.8, 4) is 0 Å². The molecule has 6 rings (SSSR count). The number of aliphatic imine (C=N–C) groups is 1. The van der Waals surface area contributed by atoms with Crippen LogP contribution in [0.4, 0.5) is 18.0 Å². The summed E-state index contributed by atoms with van der Waals surface area (Å²) in [5.41, 5.74) is 1.52. The number of hydrogen-bond donors (Lipinski definition) is 1. The molecule has 1 spiro atoms. The first kappa shape index (κ1) is 22.1. The van der Waals surface area contributed by atoms with Crippen molar-refractivity contribution in [1.82, 2.24) is 25.0 Å². The molecule has 35 heavy (non-hydrogen) atoms. The number of aromatic nitrogens is 3. The van der Waals surface area contributed by atoms with Gasteiger partial charge in [0.05, 0.1) is 12.7 Å². The fourth-order valence-corrected chi connectivity index (χ4v) is 5.67. The molecule has 0 saturated carbocycles. The van der Waals surface area contributed by atoms with Crippen molar-refractivity contribution in [3.63, 3.8) is 0 Å². The molecule has 2 aromatic heterocycles. The third-order valence-corrected chi connectivity index (χ3v) is 7.32. The third-order valence-electron chi connectivity index (χ3n) is 6.22. The molecule has 0 unspecified atom stereocenters. The Hall–Kier alpha value is -3.38. The van der Waals surface area contributed by atoms with E-state index in [0.717, 1.165) is 5.70 Å². The molecule has 0 aliphatic carbocycles. The van der Waals surface area contributed by atoms with Crippen molar-refractivity contribution in [3.05, 3.63) is 74.8 Å². The van der Waals surface area contributed by atoms with Crippen LogP contribution in [0.1, 0.15) is 35.1 Å². The SMILES string of the molecule is O=C1N[C@@]2(CO1)CC1=C(c3cnn(C(F)F)c3)[C@H](c3ccc(F)cc3Cl)N=C(c3nccs3)N1C2. The maximum atomic E-state index is 13.9. The van der Waals surface area contributed by atoms with E-state index in [1.807, 2.05) is 10.3 Å². The third kappa shape index (κ3) is 3.67. The lowest BCUT2D eigenvalue weighted by molar-refractivity contribution is 0.0566. The fraction of sp³-hybridized carbons (Fsp3) is 0.273. The van der Waals surface area contributed by atoms with E-state index in [4.69, 9.17) is 21.3 Å². The van der Waals surface area contributed by atoms with Crippen LogP contribution in [0, 0.1) is 5.82 Å². The number of halogens is 4. The largest absolute Gasteiger partial charge is 0.447 e. The number of carbonyl (C=O) groups excluding carboxylic acids is 1. The van der Waals surface area contributed by atoms with Gasteiger partial charge in [0, 0.05) is 46.1 Å². The van der Waals surface area contributed by atoms with E-state index in [0.29, 0.717) is 45.2 Å². The topological polar surface area (TPSA) is 84.6 Å². The number of fused-ring (bicyclic) bond motifs is 1. The monoisotopic (exact) mass is 520 g/mol. The number of ether oxygens (including phenoxy) is 1. The zero-order chi connectivity index (χ0) is 24.3. The smallest absolute Gasteiger partial charge is 0.407 e. The Morgan fingerprint density at radius 1 is 1.34 bits per heavy atom. The Morgan fingerprint density at radius 2 is 2.20 bits per heavy atom. The van der Waals surface area contributed by atoms with Crippen LogP contribution < -0.4 is 5.32 Å². The Balaban J connectivity index is 1.58. The van der Waals surface area contributed by atoms with Gasteiger partial charge in [0.2, 0.25) is 0 Å². The molecule has 1 aromatic carbocycles. The highest BCUT2D eigenvalue weighted by Gasteiger charge is 2.51. The van der Waals surface area contributed by atoms with Gasteiger partial charge in [-0.3, -0.25) is 4.99 Å². The number of carbonyl (C=O) groups is 1. The average molecular weight is 521 g/mol. The van der Waals surface area contributed by atoms with Gasteiger partial charge in [-0.05, 0) is 17.7 Å². The number of nitrogens with zero attached hydrogens (tertiary/aromatic N) is 5. The molecule has 0 bridgehead atoms. The first-order valence-corrected chi connectivity index (χ1v) is 11.8. The summed E-state index contributed by atoms with van der Waals surface area (Å²) in [6, 6.07) is 3.24. The molecule has 3 aromatic rings. The van der Waals surface area contributed by atoms with E-state index >= 15 is 0 Å². The number of alkyl halides is 2. The van der Waals surface area contributed by atoms with E-state index < -0.39 is 30.0 Å². The lowest BCUT2D eigenvalue weighted by atomic mass is 9.89. The van der Waals surface area contributed by atoms with Crippen molar-refractivity contribution < 1.29 is 22.7 Å². The van der Waals surface area contributed by atoms with Gasteiger partial charge in [-0.15, -0.1) is 11.3 Å². The number of amidine groups is 1. The number of cyclic esters (lactones) is 1. The van der Waals surface area contributed by atoms with Crippen LogP contribution in [0.15, 0.2) is 52.9 Å². The summed E-state index contributed by atoms with van der Waals surface area (Å²) in [6.45, 7) is -2.33. The molecule has 2 fully saturated rings. The van der Waals surface area contributed by atoms with E-state index in [1.165, 1.54) is 41.9 Å². The molecule has 5 heterocycles. The van der Waals surface area contributed by atoms with Crippen molar-refractivity contribution in [1.29, 1.82) is 0 Å². The molecule has 1 amide bonds. The van der Waals surface area contributed by atoms with Gasteiger partial charge in [0.15, 0.2) is 10.8 Å². The Morgan fingerprint density at radius 3 is 2.86 bits per heavy atom. The number of rotatable bonds is 4. The maximum Gasteiger partial charge on any atom is 0.407 e. The van der Waals surface area contributed by atoms with E-state index in [2.05, 4.69) is 15.4 Å². The summed E-state index contributed by atoms with van der Waals surface area (Å²) in [5.74, 6) is 0.0362. The van der Waals surface area contributed by atoms with Gasteiger partial charge in [-0.25, -0.2) is 18.9 Å². The first-order chi connectivity index (χ1) is 16.8. The summed E-state index contributed by atoms with van der Waals surface area (Å²) in [4.78, 5) is 23.3. The molecule has 2 saturated heterocycles. The molecule has 180 valence electrons. The van der Waals surface area contributed by atoms with Gasteiger partial charge in [-0.2, -0.15) is 13.9 Å². The highest BCUT2D eigenvalue weighted by molar-refractivity contribution is 7.11. The molecular weight excluding hydrogens is 505 g/mol.